The van der Waals surface area contributed by atoms with E-state index in [1.165, 1.54) is 41.9 Å². The second-order valence-electron chi connectivity index (χ2n) is 4.90. The van der Waals surface area contributed by atoms with Crippen LogP contribution in [0.3, 0.4) is 0 Å². The predicted molar refractivity (Wildman–Crippen MR) is 82.0 cm³/mol. The van der Waals surface area contributed by atoms with Gasteiger partial charge in [0.2, 0.25) is 0 Å². The van der Waals surface area contributed by atoms with Crippen LogP contribution in [0.15, 0.2) is 48.5 Å². The summed E-state index contributed by atoms with van der Waals surface area (Å²) in [5.41, 5.74) is 6.04. The number of hydrogen-bond donors (Lipinski definition) is 0. The molecule has 2 aromatic carbocycles. The molecule has 0 amide bonds. The maximum Gasteiger partial charge on any atom is -0.147 e. The van der Waals surface area contributed by atoms with Gasteiger partial charge in [-0.05, 0) is 0 Å². The zero-order valence-electron chi connectivity index (χ0n) is 10.8. The summed E-state index contributed by atoms with van der Waals surface area (Å²) in [6.07, 6.45) is 1.26. The van der Waals surface area contributed by atoms with Crippen molar-refractivity contribution >= 4 is 24.8 Å². The van der Waals surface area contributed by atoms with Crippen LogP contribution in [-0.4, -0.2) is 0 Å². The smallest absolute Gasteiger partial charge is 0.147 e. The Kier molecular flexibility index (Phi) is 6.29. The van der Waals surface area contributed by atoms with E-state index < -0.39 is 0 Å². The first-order chi connectivity index (χ1) is 8.27. The first-order valence-corrected chi connectivity index (χ1v) is 8.23. The number of benzene rings is 2. The molecule has 0 saturated carbocycles. The largest absolute Gasteiger partial charge is 0.147 e. The topological polar surface area (TPSA) is 0 Å². The molecule has 0 N–H and O–H groups in total. The Morgan fingerprint density at radius 1 is 0.947 bits per heavy atom. The maximum absolute atomic E-state index is 2.40. The molecule has 2 aromatic rings. The van der Waals surface area contributed by atoms with Crippen molar-refractivity contribution in [2.75, 3.05) is 0 Å². The zero-order chi connectivity index (χ0) is 11.8. The molecule has 0 bridgehead atoms. The van der Waals surface area contributed by atoms with E-state index >= 15 is 0 Å². The van der Waals surface area contributed by atoms with Crippen LogP contribution in [-0.2, 0) is 30.8 Å². The second kappa shape index (κ2) is 7.06. The maximum atomic E-state index is 2.40. The van der Waals surface area contributed by atoms with Crippen molar-refractivity contribution in [2.24, 2.45) is 5.92 Å². The third-order valence-corrected chi connectivity index (χ3v) is 6.89. The fraction of sp³-hybridized carbons (Fsp3) is 0.250. The Hall–Kier alpha value is -0.110. The molecule has 3 heteroatoms. The first-order valence-electron chi connectivity index (χ1n) is 6.15. The molecule has 0 radical (unpaired) electrons. The van der Waals surface area contributed by atoms with Crippen LogP contribution in [0.4, 0.5) is 0 Å². The molecule has 0 spiro atoms. The average Bonchev–Trinajstić information content (AvgIpc) is 2.67. The van der Waals surface area contributed by atoms with E-state index in [4.69, 9.17) is 0 Å². The van der Waals surface area contributed by atoms with Gasteiger partial charge in [0, 0.05) is 0 Å². The number of hydrogen-bond acceptors (Lipinski definition) is 0. The number of rotatable bonds is 1. The van der Waals surface area contributed by atoms with Crippen LogP contribution in [0.1, 0.15) is 21.7 Å². The third kappa shape index (κ3) is 3.15. The molecule has 99 valence electrons. The van der Waals surface area contributed by atoms with Crippen LogP contribution in [0.5, 0.6) is 0 Å². The summed E-state index contributed by atoms with van der Waals surface area (Å²) in [6.45, 7) is 2.40. The van der Waals surface area contributed by atoms with Gasteiger partial charge >= 0.3 is 118 Å². The van der Waals surface area contributed by atoms with E-state index in [1.807, 2.05) is 0 Å². The summed E-state index contributed by atoms with van der Waals surface area (Å²) in [7, 11) is 0. The Morgan fingerprint density at radius 2 is 1.63 bits per heavy atom. The summed E-state index contributed by atoms with van der Waals surface area (Å²) in [5.74, 6) is 0.835. The van der Waals surface area contributed by atoms with Crippen molar-refractivity contribution in [1.29, 1.82) is 0 Å². The van der Waals surface area contributed by atoms with Gasteiger partial charge in [0.05, 0.1) is 0 Å². The standard InChI is InChI=1S/C16H15.2ClH.Hf/c1-12-10-14-8-5-9-15(16(14)11-12)13-6-3-2-4-7-13;;;/h2-10,12H,11H2,1H3;2*1H;. The van der Waals surface area contributed by atoms with Gasteiger partial charge < -0.3 is 0 Å². The summed E-state index contributed by atoms with van der Waals surface area (Å²) in [5, 5.41) is 0. The molecular formula is C16H17Cl2Hf. The van der Waals surface area contributed by atoms with Gasteiger partial charge in [-0.3, -0.25) is 0 Å². The van der Waals surface area contributed by atoms with Crippen LogP contribution in [0.25, 0.3) is 11.1 Å². The van der Waals surface area contributed by atoms with Gasteiger partial charge in [0.1, 0.15) is 0 Å². The molecule has 2 unspecified atom stereocenters. The molecule has 2 atom stereocenters. The summed E-state index contributed by atoms with van der Waals surface area (Å²) >= 11 is 1.27. The van der Waals surface area contributed by atoms with Gasteiger partial charge in [-0.15, -0.1) is 24.8 Å². The quantitative estimate of drug-likeness (QED) is 0.529. The minimum atomic E-state index is 0. The summed E-state index contributed by atoms with van der Waals surface area (Å²) in [4.78, 5) is 0. The monoisotopic (exact) mass is 459 g/mol. The van der Waals surface area contributed by atoms with Crippen molar-refractivity contribution in [3.8, 4) is 11.1 Å². The second-order valence-corrected chi connectivity index (χ2v) is 7.13. The summed E-state index contributed by atoms with van der Waals surface area (Å²) < 4.78 is 0.841. The van der Waals surface area contributed by atoms with Gasteiger partial charge in [0.25, 0.3) is 0 Å². The number of fused-ring (bicyclic) bond motifs is 1. The normalized spacial score (nSPS) is 20.0. The molecule has 0 nitrogen and oxygen atoms in total. The van der Waals surface area contributed by atoms with Gasteiger partial charge in [0.15, 0.2) is 0 Å². The SMILES string of the molecule is CC1Cc2c(-c3ccccc3)cccc2[CH]1[Hf].Cl.Cl. The number of halogens is 2. The van der Waals surface area contributed by atoms with Crippen molar-refractivity contribution in [2.45, 2.75) is 17.0 Å². The van der Waals surface area contributed by atoms with Gasteiger partial charge in [-0.25, -0.2) is 0 Å². The zero-order valence-corrected chi connectivity index (χ0v) is 16.0. The van der Waals surface area contributed by atoms with Crippen molar-refractivity contribution < 1.29 is 24.4 Å². The predicted octanol–water partition coefficient (Wildman–Crippen LogP) is 4.98. The van der Waals surface area contributed by atoms with Crippen molar-refractivity contribution in [3.05, 3.63) is 59.7 Å². The Balaban J connectivity index is 0.000000902. The molecule has 19 heavy (non-hydrogen) atoms. The molecular weight excluding hydrogens is 442 g/mol. The molecule has 0 fully saturated rings. The van der Waals surface area contributed by atoms with E-state index in [0.29, 0.717) is 0 Å². The molecule has 1 aliphatic rings. The van der Waals surface area contributed by atoms with Crippen molar-refractivity contribution in [1.82, 2.24) is 0 Å². The van der Waals surface area contributed by atoms with Crippen LogP contribution < -0.4 is 0 Å². The molecule has 0 aromatic heterocycles. The van der Waals surface area contributed by atoms with Crippen molar-refractivity contribution in [3.63, 3.8) is 0 Å². The Bertz CT molecular complexity index is 540. The Labute approximate surface area is 142 Å². The van der Waals surface area contributed by atoms with E-state index in [2.05, 4.69) is 55.5 Å². The van der Waals surface area contributed by atoms with Crippen LogP contribution in [0, 0.1) is 5.92 Å². The minimum absolute atomic E-state index is 0. The van der Waals surface area contributed by atoms with E-state index in [-0.39, 0.29) is 24.8 Å². The average molecular weight is 459 g/mol. The fourth-order valence-electron chi connectivity index (χ4n) is 2.76. The minimum Gasteiger partial charge on any atom is -0.147 e. The molecule has 3 rings (SSSR count). The fourth-order valence-corrected chi connectivity index (χ4v) is 4.15. The van der Waals surface area contributed by atoms with Crippen LogP contribution in [0.2, 0.25) is 0 Å². The van der Waals surface area contributed by atoms with Gasteiger partial charge in [-0.1, -0.05) is 0 Å². The molecule has 0 heterocycles. The van der Waals surface area contributed by atoms with E-state index in [1.54, 1.807) is 11.1 Å². The molecule has 0 saturated heterocycles. The third-order valence-electron chi connectivity index (χ3n) is 3.73. The Morgan fingerprint density at radius 3 is 2.32 bits per heavy atom. The molecule has 0 aliphatic heterocycles. The van der Waals surface area contributed by atoms with Crippen LogP contribution >= 0.6 is 24.8 Å². The first kappa shape index (κ1) is 16.9. The molecule has 1 aliphatic carbocycles. The summed E-state index contributed by atoms with van der Waals surface area (Å²) in [6, 6.07) is 17.6. The van der Waals surface area contributed by atoms with E-state index in [0.717, 1.165) is 9.59 Å². The van der Waals surface area contributed by atoms with Gasteiger partial charge in [-0.2, -0.15) is 0 Å². The van der Waals surface area contributed by atoms with E-state index in [9.17, 15) is 0 Å².